The molecule has 2 heterocycles. The molecule has 0 atom stereocenters. The van der Waals surface area contributed by atoms with E-state index in [0.717, 1.165) is 5.56 Å². The van der Waals surface area contributed by atoms with E-state index >= 15 is 0 Å². The van der Waals surface area contributed by atoms with Crippen molar-refractivity contribution in [3.8, 4) is 0 Å². The van der Waals surface area contributed by atoms with Gasteiger partial charge in [-0.2, -0.15) is 0 Å². The molecule has 0 saturated heterocycles. The van der Waals surface area contributed by atoms with Gasteiger partial charge in [-0.05, 0) is 36.8 Å². The lowest BCUT2D eigenvalue weighted by atomic mass is 10.3. The number of pyridine rings is 1. The van der Waals surface area contributed by atoms with Crippen molar-refractivity contribution in [3.63, 3.8) is 0 Å². The van der Waals surface area contributed by atoms with Crippen molar-refractivity contribution in [1.82, 2.24) is 9.38 Å². The summed E-state index contributed by atoms with van der Waals surface area (Å²) in [7, 11) is 0. The van der Waals surface area contributed by atoms with Gasteiger partial charge >= 0.3 is 5.97 Å². The lowest BCUT2D eigenvalue weighted by Crippen LogP contribution is -1.96. The number of hydrogen-bond donors (Lipinski definition) is 1. The first-order valence-electron chi connectivity index (χ1n) is 6.54. The largest absolute Gasteiger partial charge is 0.476 e. The Morgan fingerprint density at radius 2 is 2.00 bits per heavy atom. The molecule has 0 bridgehead atoms. The van der Waals surface area contributed by atoms with Gasteiger partial charge in [0.25, 0.3) is 0 Å². The van der Waals surface area contributed by atoms with Gasteiger partial charge in [-0.25, -0.2) is 9.78 Å². The number of aromatic carboxylic acids is 1. The second-order valence-electron chi connectivity index (χ2n) is 4.82. The number of aromatic nitrogens is 2. The van der Waals surface area contributed by atoms with Gasteiger partial charge < -0.3 is 5.11 Å². The van der Waals surface area contributed by atoms with Crippen LogP contribution in [0.3, 0.4) is 0 Å². The summed E-state index contributed by atoms with van der Waals surface area (Å²) in [6.07, 6.45) is 1.74. The Labute approximate surface area is 141 Å². The van der Waals surface area contributed by atoms with Gasteiger partial charge in [0, 0.05) is 11.2 Å². The van der Waals surface area contributed by atoms with E-state index in [2.05, 4.69) is 15.2 Å². The molecule has 3 rings (SSSR count). The molecule has 6 nitrogen and oxygen atoms in total. The quantitative estimate of drug-likeness (QED) is 0.671. The van der Waals surface area contributed by atoms with Gasteiger partial charge in [0.05, 0.1) is 5.02 Å². The Balaban J connectivity index is 2.14. The van der Waals surface area contributed by atoms with Gasteiger partial charge in [0.2, 0.25) is 0 Å². The van der Waals surface area contributed by atoms with Crippen LogP contribution < -0.4 is 0 Å². The zero-order chi connectivity index (χ0) is 16.6. The van der Waals surface area contributed by atoms with Crippen molar-refractivity contribution >= 4 is 46.3 Å². The second-order valence-corrected chi connectivity index (χ2v) is 5.66. The number of nitrogens with zero attached hydrogens (tertiary/aromatic N) is 4. The van der Waals surface area contributed by atoms with E-state index in [1.54, 1.807) is 28.8 Å². The van der Waals surface area contributed by atoms with Crippen LogP contribution in [0.25, 0.3) is 5.65 Å². The molecule has 0 aliphatic rings. The molecule has 1 N–H and O–H groups in total. The fourth-order valence-electron chi connectivity index (χ4n) is 2.04. The van der Waals surface area contributed by atoms with Crippen LogP contribution in [0.15, 0.2) is 46.8 Å². The van der Waals surface area contributed by atoms with Crippen molar-refractivity contribution in [2.24, 2.45) is 10.2 Å². The van der Waals surface area contributed by atoms with E-state index in [4.69, 9.17) is 23.2 Å². The smallest absolute Gasteiger partial charge is 0.358 e. The van der Waals surface area contributed by atoms with Crippen LogP contribution in [0.5, 0.6) is 0 Å². The molecule has 0 unspecified atom stereocenters. The number of hydrogen-bond acceptors (Lipinski definition) is 4. The normalized spacial score (nSPS) is 11.4. The Kier molecular flexibility index (Phi) is 4.02. The minimum atomic E-state index is -1.18. The molecule has 116 valence electrons. The molecule has 0 amide bonds. The van der Waals surface area contributed by atoms with E-state index in [1.807, 2.05) is 13.0 Å². The summed E-state index contributed by atoms with van der Waals surface area (Å²) >= 11 is 11.9. The zero-order valence-electron chi connectivity index (χ0n) is 11.9. The molecule has 0 saturated carbocycles. The summed E-state index contributed by atoms with van der Waals surface area (Å²) in [5, 5.41) is 18.2. The third kappa shape index (κ3) is 3.04. The van der Waals surface area contributed by atoms with E-state index in [9.17, 15) is 9.90 Å². The van der Waals surface area contributed by atoms with Crippen LogP contribution in [-0.2, 0) is 0 Å². The van der Waals surface area contributed by atoms with Gasteiger partial charge in [0.15, 0.2) is 11.5 Å². The maximum absolute atomic E-state index is 11.4. The summed E-state index contributed by atoms with van der Waals surface area (Å²) < 4.78 is 1.58. The zero-order valence-corrected chi connectivity index (χ0v) is 13.4. The number of fused-ring (bicyclic) bond motifs is 1. The highest BCUT2D eigenvalue weighted by atomic mass is 35.5. The third-order valence-corrected chi connectivity index (χ3v) is 3.64. The standard InChI is InChI=1S/C15H10Cl2N4O2/c1-8-2-5-12-18-13(15(22)23)14(21(12)7-8)20-19-11-4-3-9(16)6-10(11)17/h2-7H,1H3,(H,22,23). The summed E-state index contributed by atoms with van der Waals surface area (Å²) in [6.45, 7) is 1.89. The van der Waals surface area contributed by atoms with Gasteiger partial charge in [-0.3, -0.25) is 4.40 Å². The average Bonchev–Trinajstić information content (AvgIpc) is 2.84. The minimum Gasteiger partial charge on any atom is -0.476 e. The first kappa shape index (κ1) is 15.5. The third-order valence-electron chi connectivity index (χ3n) is 3.11. The minimum absolute atomic E-state index is 0.127. The maximum atomic E-state index is 11.4. The first-order valence-corrected chi connectivity index (χ1v) is 7.30. The van der Waals surface area contributed by atoms with Crippen molar-refractivity contribution in [2.45, 2.75) is 6.92 Å². The van der Waals surface area contributed by atoms with Gasteiger partial charge in [-0.15, -0.1) is 10.2 Å². The molecule has 23 heavy (non-hydrogen) atoms. The average molecular weight is 349 g/mol. The molecule has 3 aromatic rings. The van der Waals surface area contributed by atoms with Crippen LogP contribution in [0, 0.1) is 6.92 Å². The highest BCUT2D eigenvalue weighted by molar-refractivity contribution is 6.36. The molecule has 0 radical (unpaired) electrons. The van der Waals surface area contributed by atoms with Crippen molar-refractivity contribution < 1.29 is 9.90 Å². The highest BCUT2D eigenvalue weighted by Crippen LogP contribution is 2.30. The molecule has 2 aromatic heterocycles. The molecule has 0 aliphatic carbocycles. The van der Waals surface area contributed by atoms with E-state index in [0.29, 0.717) is 21.4 Å². The number of aryl methyl sites for hydroxylation is 1. The Hall–Kier alpha value is -2.44. The lowest BCUT2D eigenvalue weighted by Gasteiger charge is -1.99. The monoisotopic (exact) mass is 348 g/mol. The maximum Gasteiger partial charge on any atom is 0.358 e. The lowest BCUT2D eigenvalue weighted by molar-refractivity contribution is 0.0692. The summed E-state index contributed by atoms with van der Waals surface area (Å²) in [6, 6.07) is 8.32. The summed E-state index contributed by atoms with van der Waals surface area (Å²) in [5.74, 6) is -1.05. The molecule has 8 heteroatoms. The number of benzene rings is 1. The molecule has 1 aromatic carbocycles. The number of halogens is 2. The van der Waals surface area contributed by atoms with Crippen LogP contribution in [0.1, 0.15) is 16.1 Å². The topological polar surface area (TPSA) is 79.3 Å². The predicted molar refractivity (Wildman–Crippen MR) is 87.5 cm³/mol. The fourth-order valence-corrected chi connectivity index (χ4v) is 2.49. The molecule has 0 aliphatic heterocycles. The predicted octanol–water partition coefficient (Wildman–Crippen LogP) is 5.06. The number of imidazole rings is 1. The SMILES string of the molecule is Cc1ccc2nc(C(=O)O)c(N=Nc3ccc(Cl)cc3Cl)n2c1. The van der Waals surface area contributed by atoms with Crippen molar-refractivity contribution in [1.29, 1.82) is 0 Å². The highest BCUT2D eigenvalue weighted by Gasteiger charge is 2.18. The molecular weight excluding hydrogens is 339 g/mol. The van der Waals surface area contributed by atoms with Gasteiger partial charge in [-0.1, -0.05) is 29.3 Å². The van der Waals surface area contributed by atoms with Crippen LogP contribution >= 0.6 is 23.2 Å². The number of carbonyl (C=O) groups is 1. The van der Waals surface area contributed by atoms with E-state index in [-0.39, 0.29) is 11.5 Å². The molecule has 0 fully saturated rings. The number of carboxylic acid groups (broad SMARTS) is 1. The Morgan fingerprint density at radius 3 is 2.70 bits per heavy atom. The summed E-state index contributed by atoms with van der Waals surface area (Å²) in [5.41, 5.74) is 1.62. The molecule has 0 spiro atoms. The number of azo groups is 1. The van der Waals surface area contributed by atoms with Gasteiger partial charge in [0.1, 0.15) is 11.3 Å². The van der Waals surface area contributed by atoms with E-state index in [1.165, 1.54) is 6.07 Å². The second kappa shape index (κ2) is 5.98. The van der Waals surface area contributed by atoms with Crippen molar-refractivity contribution in [3.05, 3.63) is 57.8 Å². The summed E-state index contributed by atoms with van der Waals surface area (Å²) in [4.78, 5) is 15.4. The Morgan fingerprint density at radius 1 is 1.22 bits per heavy atom. The van der Waals surface area contributed by atoms with E-state index < -0.39 is 5.97 Å². The molecular formula is C15H10Cl2N4O2. The Bertz CT molecular complexity index is 950. The van der Waals surface area contributed by atoms with Crippen LogP contribution in [-0.4, -0.2) is 20.5 Å². The van der Waals surface area contributed by atoms with Crippen LogP contribution in [0.4, 0.5) is 11.5 Å². The number of carboxylic acids is 1. The number of rotatable bonds is 3. The van der Waals surface area contributed by atoms with Crippen LogP contribution in [0.2, 0.25) is 10.0 Å². The first-order chi connectivity index (χ1) is 11.0. The van der Waals surface area contributed by atoms with Crippen molar-refractivity contribution in [2.75, 3.05) is 0 Å². The fraction of sp³-hybridized carbons (Fsp3) is 0.0667.